The standard InChI is InChI=1S/C15H31NO2/c1-5-6-13(4)10-18-14-7-8-15(9-14,11-17)16-12(2)3/h12-14,16-17H,5-11H2,1-4H3. The first-order chi connectivity index (χ1) is 8.51. The summed E-state index contributed by atoms with van der Waals surface area (Å²) in [5.74, 6) is 0.650. The molecule has 0 aromatic rings. The Hall–Kier alpha value is -0.120. The molecule has 0 bridgehead atoms. The Morgan fingerprint density at radius 1 is 1.39 bits per heavy atom. The molecule has 1 saturated carbocycles. The van der Waals surface area contributed by atoms with E-state index in [0.717, 1.165) is 25.9 Å². The highest BCUT2D eigenvalue weighted by molar-refractivity contribution is 4.97. The molecule has 3 unspecified atom stereocenters. The van der Waals surface area contributed by atoms with Crippen LogP contribution in [-0.2, 0) is 4.74 Å². The topological polar surface area (TPSA) is 41.5 Å². The third-order valence-corrected chi connectivity index (χ3v) is 3.86. The van der Waals surface area contributed by atoms with Crippen molar-refractivity contribution in [1.82, 2.24) is 5.32 Å². The molecule has 1 fully saturated rings. The number of nitrogens with one attached hydrogen (secondary N) is 1. The summed E-state index contributed by atoms with van der Waals surface area (Å²) in [6.45, 7) is 9.82. The quantitative estimate of drug-likeness (QED) is 0.702. The van der Waals surface area contributed by atoms with Crippen molar-refractivity contribution in [1.29, 1.82) is 0 Å². The van der Waals surface area contributed by atoms with Crippen molar-refractivity contribution >= 4 is 0 Å². The fourth-order valence-corrected chi connectivity index (χ4v) is 3.03. The Morgan fingerprint density at radius 2 is 2.11 bits per heavy atom. The fraction of sp³-hybridized carbons (Fsp3) is 1.00. The maximum absolute atomic E-state index is 9.63. The van der Waals surface area contributed by atoms with E-state index in [4.69, 9.17) is 4.74 Å². The van der Waals surface area contributed by atoms with Gasteiger partial charge in [-0.2, -0.15) is 0 Å². The molecule has 3 atom stereocenters. The van der Waals surface area contributed by atoms with Gasteiger partial charge in [0.05, 0.1) is 12.7 Å². The molecule has 1 aliphatic rings. The predicted octanol–water partition coefficient (Wildman–Crippen LogP) is 2.72. The zero-order chi connectivity index (χ0) is 13.6. The Labute approximate surface area is 112 Å². The van der Waals surface area contributed by atoms with Crippen molar-refractivity contribution in [3.63, 3.8) is 0 Å². The van der Waals surface area contributed by atoms with E-state index in [2.05, 4.69) is 33.0 Å². The molecular weight excluding hydrogens is 226 g/mol. The summed E-state index contributed by atoms with van der Waals surface area (Å²) in [5.41, 5.74) is -0.104. The summed E-state index contributed by atoms with van der Waals surface area (Å²) in [7, 11) is 0. The van der Waals surface area contributed by atoms with Crippen LogP contribution in [0.3, 0.4) is 0 Å². The van der Waals surface area contributed by atoms with Crippen LogP contribution in [-0.4, -0.2) is 36.0 Å². The Morgan fingerprint density at radius 3 is 2.67 bits per heavy atom. The van der Waals surface area contributed by atoms with E-state index in [9.17, 15) is 5.11 Å². The molecule has 0 aliphatic heterocycles. The Bertz CT molecular complexity index is 233. The van der Waals surface area contributed by atoms with Crippen molar-refractivity contribution in [2.75, 3.05) is 13.2 Å². The molecule has 1 aliphatic carbocycles. The van der Waals surface area contributed by atoms with E-state index in [0.29, 0.717) is 18.1 Å². The number of ether oxygens (including phenoxy) is 1. The molecule has 2 N–H and O–H groups in total. The number of aliphatic hydroxyl groups is 1. The first-order valence-corrected chi connectivity index (χ1v) is 7.51. The highest BCUT2D eigenvalue weighted by atomic mass is 16.5. The van der Waals surface area contributed by atoms with E-state index < -0.39 is 0 Å². The van der Waals surface area contributed by atoms with Crippen LogP contribution in [0.15, 0.2) is 0 Å². The van der Waals surface area contributed by atoms with Crippen molar-refractivity contribution in [2.24, 2.45) is 5.92 Å². The monoisotopic (exact) mass is 257 g/mol. The van der Waals surface area contributed by atoms with Gasteiger partial charge in [-0.1, -0.05) is 34.1 Å². The van der Waals surface area contributed by atoms with Crippen LogP contribution >= 0.6 is 0 Å². The van der Waals surface area contributed by atoms with Crippen LogP contribution in [0.25, 0.3) is 0 Å². The van der Waals surface area contributed by atoms with Crippen LogP contribution in [0.4, 0.5) is 0 Å². The van der Waals surface area contributed by atoms with Gasteiger partial charge in [0.25, 0.3) is 0 Å². The number of hydrogen-bond acceptors (Lipinski definition) is 3. The zero-order valence-corrected chi connectivity index (χ0v) is 12.5. The minimum atomic E-state index is -0.104. The second-order valence-electron chi connectivity index (χ2n) is 6.33. The van der Waals surface area contributed by atoms with Crippen LogP contribution in [0.2, 0.25) is 0 Å². The van der Waals surface area contributed by atoms with E-state index in [1.54, 1.807) is 0 Å². The highest BCUT2D eigenvalue weighted by Crippen LogP contribution is 2.32. The molecule has 1 rings (SSSR count). The van der Waals surface area contributed by atoms with Gasteiger partial charge in [0.1, 0.15) is 0 Å². The molecule has 0 amide bonds. The SMILES string of the molecule is CCCC(C)COC1CCC(CO)(NC(C)C)C1. The maximum Gasteiger partial charge on any atom is 0.0614 e. The smallest absolute Gasteiger partial charge is 0.0614 e. The van der Waals surface area contributed by atoms with Crippen molar-refractivity contribution in [3.8, 4) is 0 Å². The molecular formula is C15H31NO2. The van der Waals surface area contributed by atoms with Crippen molar-refractivity contribution in [3.05, 3.63) is 0 Å². The Kier molecular flexibility index (Phi) is 6.61. The summed E-state index contributed by atoms with van der Waals surface area (Å²) < 4.78 is 6.00. The molecule has 0 aromatic carbocycles. The summed E-state index contributed by atoms with van der Waals surface area (Å²) in [6, 6.07) is 0.412. The first-order valence-electron chi connectivity index (χ1n) is 7.51. The van der Waals surface area contributed by atoms with Crippen molar-refractivity contribution < 1.29 is 9.84 Å². The molecule has 0 spiro atoms. The van der Waals surface area contributed by atoms with Crippen LogP contribution in [0.1, 0.15) is 59.8 Å². The van der Waals surface area contributed by atoms with Crippen LogP contribution in [0.5, 0.6) is 0 Å². The van der Waals surface area contributed by atoms with Gasteiger partial charge in [-0.05, 0) is 31.6 Å². The summed E-state index contributed by atoms with van der Waals surface area (Å²) in [6.07, 6.45) is 5.82. The lowest BCUT2D eigenvalue weighted by atomic mass is 9.97. The van der Waals surface area contributed by atoms with E-state index in [-0.39, 0.29) is 12.1 Å². The molecule has 0 heterocycles. The van der Waals surface area contributed by atoms with E-state index >= 15 is 0 Å². The number of rotatable bonds is 8. The molecule has 18 heavy (non-hydrogen) atoms. The van der Waals surface area contributed by atoms with Crippen LogP contribution < -0.4 is 5.32 Å². The minimum Gasteiger partial charge on any atom is -0.394 e. The molecule has 0 saturated heterocycles. The lowest BCUT2D eigenvalue weighted by molar-refractivity contribution is 0.0257. The van der Waals surface area contributed by atoms with Gasteiger partial charge in [-0.15, -0.1) is 0 Å². The lowest BCUT2D eigenvalue weighted by Crippen LogP contribution is -2.50. The molecule has 3 heteroatoms. The van der Waals surface area contributed by atoms with E-state index in [1.165, 1.54) is 12.8 Å². The highest BCUT2D eigenvalue weighted by Gasteiger charge is 2.39. The zero-order valence-electron chi connectivity index (χ0n) is 12.5. The van der Waals surface area contributed by atoms with Gasteiger partial charge in [-0.3, -0.25) is 0 Å². The number of hydrogen-bond donors (Lipinski definition) is 2. The van der Waals surface area contributed by atoms with E-state index in [1.807, 2.05) is 0 Å². The third-order valence-electron chi connectivity index (χ3n) is 3.86. The van der Waals surface area contributed by atoms with Gasteiger partial charge in [0.15, 0.2) is 0 Å². The molecule has 108 valence electrons. The molecule has 3 nitrogen and oxygen atoms in total. The largest absolute Gasteiger partial charge is 0.394 e. The van der Waals surface area contributed by atoms with Gasteiger partial charge in [0.2, 0.25) is 0 Å². The fourth-order valence-electron chi connectivity index (χ4n) is 3.03. The lowest BCUT2D eigenvalue weighted by Gasteiger charge is -2.31. The van der Waals surface area contributed by atoms with Gasteiger partial charge in [0, 0.05) is 18.2 Å². The minimum absolute atomic E-state index is 0.104. The molecule has 0 radical (unpaired) electrons. The average Bonchev–Trinajstić information content (AvgIpc) is 2.70. The first kappa shape index (κ1) is 15.9. The van der Waals surface area contributed by atoms with Crippen molar-refractivity contribution in [2.45, 2.75) is 77.5 Å². The van der Waals surface area contributed by atoms with Gasteiger partial charge >= 0.3 is 0 Å². The maximum atomic E-state index is 9.63. The summed E-state index contributed by atoms with van der Waals surface area (Å²) in [5, 5.41) is 13.1. The summed E-state index contributed by atoms with van der Waals surface area (Å²) >= 11 is 0. The van der Waals surface area contributed by atoms with Gasteiger partial charge in [-0.25, -0.2) is 0 Å². The van der Waals surface area contributed by atoms with Gasteiger partial charge < -0.3 is 15.2 Å². The second-order valence-corrected chi connectivity index (χ2v) is 6.33. The predicted molar refractivity (Wildman–Crippen MR) is 75.8 cm³/mol. The normalized spacial score (nSPS) is 30.0. The Balaban J connectivity index is 2.35. The number of aliphatic hydroxyl groups excluding tert-OH is 1. The van der Waals surface area contributed by atoms with Crippen LogP contribution in [0, 0.1) is 5.92 Å². The average molecular weight is 257 g/mol. The molecule has 0 aromatic heterocycles. The summed E-state index contributed by atoms with van der Waals surface area (Å²) in [4.78, 5) is 0. The third kappa shape index (κ3) is 4.87. The second kappa shape index (κ2) is 7.46.